The maximum atomic E-state index is 12.7. The molecule has 2 rings (SSSR count). The molecule has 0 spiro atoms. The summed E-state index contributed by atoms with van der Waals surface area (Å²) >= 11 is 1.19. The Bertz CT molecular complexity index is 636. The summed E-state index contributed by atoms with van der Waals surface area (Å²) in [5, 5.41) is 0.206. The first kappa shape index (κ1) is 12.9. The summed E-state index contributed by atoms with van der Waals surface area (Å²) in [7, 11) is 0. The molecule has 0 aliphatic heterocycles. The van der Waals surface area contributed by atoms with Crippen molar-refractivity contribution < 1.29 is 13.2 Å². The zero-order valence-electron chi connectivity index (χ0n) is 9.34. The Kier molecular flexibility index (Phi) is 3.34. The lowest BCUT2D eigenvalue weighted by Gasteiger charge is -2.10. The first-order valence-corrected chi connectivity index (χ1v) is 6.13. The van der Waals surface area contributed by atoms with Crippen molar-refractivity contribution in [3.63, 3.8) is 0 Å². The molecule has 96 valence electrons. The molecule has 0 aliphatic carbocycles. The number of halogens is 3. The lowest BCUT2D eigenvalue weighted by Crippen LogP contribution is -2.11. The summed E-state index contributed by atoms with van der Waals surface area (Å²) in [4.78, 5) is 18.1. The van der Waals surface area contributed by atoms with E-state index in [1.807, 2.05) is 0 Å². The second-order valence-electron chi connectivity index (χ2n) is 3.53. The molecule has 0 amide bonds. The van der Waals surface area contributed by atoms with Crippen molar-refractivity contribution in [2.45, 2.75) is 18.0 Å². The number of hydrogen-bond acceptors (Lipinski definition) is 3. The van der Waals surface area contributed by atoms with Crippen molar-refractivity contribution in [2.24, 2.45) is 0 Å². The average Bonchev–Trinajstić information content (AvgIpc) is 2.28. The number of fused-ring (bicyclic) bond motifs is 1. The fourth-order valence-corrected chi connectivity index (χ4v) is 2.46. The van der Waals surface area contributed by atoms with Gasteiger partial charge >= 0.3 is 6.18 Å². The lowest BCUT2D eigenvalue weighted by atomic mass is 10.1. The molecule has 7 heteroatoms. The number of benzene rings is 1. The van der Waals surface area contributed by atoms with Crippen LogP contribution in [0, 0.1) is 0 Å². The summed E-state index contributed by atoms with van der Waals surface area (Å²) in [6.07, 6.45) is -3.34. The molecule has 1 heterocycles. The molecular formula is C11H9F3N2OS. The van der Waals surface area contributed by atoms with Crippen molar-refractivity contribution in [3.8, 4) is 0 Å². The first-order chi connectivity index (χ1) is 8.43. The highest BCUT2D eigenvalue weighted by Gasteiger charge is 2.31. The highest BCUT2D eigenvalue weighted by Crippen LogP contribution is 2.35. The number of nitrogens with one attached hydrogen (secondary N) is 1. The minimum Gasteiger partial charge on any atom is -0.313 e. The number of aromatic amines is 1. The standard InChI is InChI=1S/C11H9F3N2OS/c1-2-18-8-4-6(11(12,13)14)3-7-9(8)10(17)16-5-15-7/h3-5H,2H2,1H3,(H,15,16,17). The Morgan fingerprint density at radius 2 is 2.11 bits per heavy atom. The topological polar surface area (TPSA) is 45.8 Å². The minimum atomic E-state index is -4.44. The SMILES string of the molecule is CCSc1cc(C(F)(F)F)cc2nc[nH]c(=O)c12. The Labute approximate surface area is 104 Å². The molecule has 0 saturated heterocycles. The van der Waals surface area contributed by atoms with E-state index in [9.17, 15) is 18.0 Å². The zero-order valence-corrected chi connectivity index (χ0v) is 10.2. The Hall–Kier alpha value is -1.50. The van der Waals surface area contributed by atoms with Crippen LogP contribution >= 0.6 is 11.8 Å². The van der Waals surface area contributed by atoms with Gasteiger partial charge in [-0.25, -0.2) is 4.98 Å². The van der Waals surface area contributed by atoms with E-state index < -0.39 is 17.3 Å². The fraction of sp³-hybridized carbons (Fsp3) is 0.273. The Morgan fingerprint density at radius 1 is 1.39 bits per heavy atom. The third-order valence-corrected chi connectivity index (χ3v) is 3.26. The molecule has 1 aromatic heterocycles. The summed E-state index contributed by atoms with van der Waals surface area (Å²) in [6, 6.07) is 1.89. The van der Waals surface area contributed by atoms with E-state index in [1.165, 1.54) is 11.8 Å². The fourth-order valence-electron chi connectivity index (χ4n) is 1.60. The van der Waals surface area contributed by atoms with Crippen LogP contribution in [-0.2, 0) is 6.18 Å². The molecule has 3 nitrogen and oxygen atoms in total. The van der Waals surface area contributed by atoms with Gasteiger partial charge in [-0.15, -0.1) is 11.8 Å². The van der Waals surface area contributed by atoms with Crippen LogP contribution in [0.15, 0.2) is 28.2 Å². The number of alkyl halides is 3. The number of rotatable bonds is 2. The Morgan fingerprint density at radius 3 is 2.72 bits per heavy atom. The Balaban J connectivity index is 2.79. The van der Waals surface area contributed by atoms with E-state index >= 15 is 0 Å². The molecular weight excluding hydrogens is 265 g/mol. The van der Waals surface area contributed by atoms with Crippen molar-refractivity contribution in [2.75, 3.05) is 5.75 Å². The summed E-state index contributed by atoms with van der Waals surface area (Å²) < 4.78 is 38.1. The number of H-pyrrole nitrogens is 1. The van der Waals surface area contributed by atoms with Crippen LogP contribution in [0.3, 0.4) is 0 Å². The normalized spacial score (nSPS) is 12.0. The second-order valence-corrected chi connectivity index (χ2v) is 4.84. The molecule has 0 fully saturated rings. The minimum absolute atomic E-state index is 0.0597. The van der Waals surface area contributed by atoms with E-state index in [-0.39, 0.29) is 10.9 Å². The lowest BCUT2D eigenvalue weighted by molar-refractivity contribution is -0.137. The zero-order chi connectivity index (χ0) is 13.3. The number of thioether (sulfide) groups is 1. The van der Waals surface area contributed by atoms with Gasteiger partial charge in [0.1, 0.15) is 0 Å². The van der Waals surface area contributed by atoms with Crippen molar-refractivity contribution in [1.82, 2.24) is 9.97 Å². The number of nitrogens with zero attached hydrogens (tertiary/aromatic N) is 1. The third kappa shape index (κ3) is 2.35. The van der Waals surface area contributed by atoms with Crippen LogP contribution in [0.4, 0.5) is 13.2 Å². The van der Waals surface area contributed by atoms with Crippen LogP contribution in [0.2, 0.25) is 0 Å². The van der Waals surface area contributed by atoms with Crippen LogP contribution in [0.1, 0.15) is 12.5 Å². The summed E-state index contributed by atoms with van der Waals surface area (Å²) in [5.41, 5.74) is -1.15. The largest absolute Gasteiger partial charge is 0.416 e. The van der Waals surface area contributed by atoms with E-state index in [2.05, 4.69) is 9.97 Å². The van der Waals surface area contributed by atoms with E-state index in [4.69, 9.17) is 0 Å². The number of aromatic nitrogens is 2. The van der Waals surface area contributed by atoms with E-state index in [0.29, 0.717) is 10.6 Å². The van der Waals surface area contributed by atoms with Gasteiger partial charge in [0.25, 0.3) is 5.56 Å². The third-order valence-electron chi connectivity index (χ3n) is 2.33. The van der Waals surface area contributed by atoms with E-state index in [1.54, 1.807) is 6.92 Å². The van der Waals surface area contributed by atoms with Gasteiger partial charge in [0, 0.05) is 4.90 Å². The van der Waals surface area contributed by atoms with Gasteiger partial charge in [-0.2, -0.15) is 13.2 Å². The van der Waals surface area contributed by atoms with Crippen LogP contribution < -0.4 is 5.56 Å². The van der Waals surface area contributed by atoms with Crippen LogP contribution in [0.25, 0.3) is 10.9 Å². The molecule has 0 saturated carbocycles. The highest BCUT2D eigenvalue weighted by molar-refractivity contribution is 7.99. The second kappa shape index (κ2) is 4.64. The monoisotopic (exact) mass is 274 g/mol. The molecule has 0 bridgehead atoms. The predicted octanol–water partition coefficient (Wildman–Crippen LogP) is 3.05. The van der Waals surface area contributed by atoms with Gasteiger partial charge in [0.2, 0.25) is 0 Å². The molecule has 0 atom stereocenters. The van der Waals surface area contributed by atoms with Crippen molar-refractivity contribution in [3.05, 3.63) is 34.4 Å². The van der Waals surface area contributed by atoms with Gasteiger partial charge in [-0.3, -0.25) is 4.79 Å². The highest BCUT2D eigenvalue weighted by atomic mass is 32.2. The molecule has 18 heavy (non-hydrogen) atoms. The first-order valence-electron chi connectivity index (χ1n) is 5.15. The quantitative estimate of drug-likeness (QED) is 0.856. The predicted molar refractivity (Wildman–Crippen MR) is 63.8 cm³/mol. The number of hydrogen-bond donors (Lipinski definition) is 1. The molecule has 0 unspecified atom stereocenters. The van der Waals surface area contributed by atoms with E-state index in [0.717, 1.165) is 18.5 Å². The van der Waals surface area contributed by atoms with Gasteiger partial charge < -0.3 is 4.98 Å². The van der Waals surface area contributed by atoms with Gasteiger partial charge in [-0.1, -0.05) is 6.92 Å². The summed E-state index contributed by atoms with van der Waals surface area (Å²) in [5.74, 6) is 0.574. The molecule has 0 aliphatic rings. The average molecular weight is 274 g/mol. The van der Waals surface area contributed by atoms with Gasteiger partial charge in [0.15, 0.2) is 0 Å². The maximum absolute atomic E-state index is 12.7. The maximum Gasteiger partial charge on any atom is 0.416 e. The summed E-state index contributed by atoms with van der Waals surface area (Å²) in [6.45, 7) is 1.81. The van der Waals surface area contributed by atoms with Crippen molar-refractivity contribution >= 4 is 22.7 Å². The molecule has 2 aromatic rings. The van der Waals surface area contributed by atoms with Gasteiger partial charge in [0.05, 0.1) is 22.8 Å². The van der Waals surface area contributed by atoms with Crippen LogP contribution in [0.5, 0.6) is 0 Å². The van der Waals surface area contributed by atoms with Crippen LogP contribution in [-0.4, -0.2) is 15.7 Å². The molecule has 1 N–H and O–H groups in total. The smallest absolute Gasteiger partial charge is 0.313 e. The van der Waals surface area contributed by atoms with Crippen molar-refractivity contribution in [1.29, 1.82) is 0 Å². The molecule has 0 radical (unpaired) electrons. The van der Waals surface area contributed by atoms with Gasteiger partial charge in [-0.05, 0) is 17.9 Å². The molecule has 1 aromatic carbocycles.